The summed E-state index contributed by atoms with van der Waals surface area (Å²) in [7, 11) is 0. The number of phenols is 1. The zero-order chi connectivity index (χ0) is 20.4. The van der Waals surface area contributed by atoms with Crippen LogP contribution in [0.1, 0.15) is 11.8 Å². The summed E-state index contributed by atoms with van der Waals surface area (Å²) in [5.41, 5.74) is 2.89. The molecule has 0 spiro atoms. The Hall–Kier alpha value is -2.90. The summed E-state index contributed by atoms with van der Waals surface area (Å²) < 4.78 is 0. The van der Waals surface area contributed by atoms with E-state index >= 15 is 0 Å². The summed E-state index contributed by atoms with van der Waals surface area (Å²) in [6.07, 6.45) is 1.56. The van der Waals surface area contributed by atoms with Crippen LogP contribution in [0.4, 0.5) is 5.69 Å². The topological polar surface area (TPSA) is 75.1 Å². The van der Waals surface area contributed by atoms with E-state index in [9.17, 15) is 9.90 Å². The summed E-state index contributed by atoms with van der Waals surface area (Å²) in [4.78, 5) is 23.7. The minimum Gasteiger partial charge on any atom is -0.508 e. The fraction of sp³-hybridized carbons (Fsp3) is 0.136. The molecule has 0 saturated heterocycles. The Bertz CT molecular complexity index is 1160. The molecule has 1 amide bonds. The second-order valence-corrected chi connectivity index (χ2v) is 9.09. The molecule has 0 fully saturated rings. The number of hydrogen-bond acceptors (Lipinski definition) is 6. The quantitative estimate of drug-likeness (QED) is 0.253. The molecule has 2 heterocycles. The second kappa shape index (κ2) is 8.23. The van der Waals surface area contributed by atoms with Gasteiger partial charge in [-0.15, -0.1) is 11.3 Å². The molecular formula is C22H19N3O2S2. The molecule has 146 valence electrons. The van der Waals surface area contributed by atoms with Crippen molar-refractivity contribution in [3.63, 3.8) is 0 Å². The number of benzene rings is 2. The first-order valence-corrected chi connectivity index (χ1v) is 10.8. The normalized spacial score (nSPS) is 12.1. The number of carbonyl (C=O) groups excluding carboxylic acids is 1. The van der Waals surface area contributed by atoms with Crippen LogP contribution in [0.15, 0.2) is 66.0 Å². The summed E-state index contributed by atoms with van der Waals surface area (Å²) in [5.74, 6) is 0.0377. The van der Waals surface area contributed by atoms with E-state index in [-0.39, 0.29) is 16.9 Å². The van der Waals surface area contributed by atoms with Crippen LogP contribution in [-0.2, 0) is 4.79 Å². The van der Waals surface area contributed by atoms with Gasteiger partial charge in [-0.05, 0) is 43.7 Å². The number of phenolic OH excluding ortho intramolecular Hbond substituents is 1. The van der Waals surface area contributed by atoms with Crippen LogP contribution in [0.5, 0.6) is 5.75 Å². The average Bonchev–Trinajstić information content (AvgIpc) is 3.07. The predicted octanol–water partition coefficient (Wildman–Crippen LogP) is 5.49. The van der Waals surface area contributed by atoms with Gasteiger partial charge in [-0.1, -0.05) is 42.1 Å². The molecule has 0 aliphatic rings. The van der Waals surface area contributed by atoms with Crippen molar-refractivity contribution >= 4 is 44.9 Å². The second-order valence-electron chi connectivity index (χ2n) is 6.55. The maximum Gasteiger partial charge on any atom is 0.237 e. The first kappa shape index (κ1) is 19.4. The first-order valence-electron chi connectivity index (χ1n) is 9.09. The van der Waals surface area contributed by atoms with Gasteiger partial charge in [-0.2, -0.15) is 0 Å². The Labute approximate surface area is 176 Å². The molecule has 5 nitrogen and oxygen atoms in total. The van der Waals surface area contributed by atoms with Crippen LogP contribution >= 0.6 is 23.1 Å². The lowest BCUT2D eigenvalue weighted by atomic mass is 10.0. The lowest BCUT2D eigenvalue weighted by Gasteiger charge is -2.13. The van der Waals surface area contributed by atoms with Gasteiger partial charge in [0.2, 0.25) is 5.91 Å². The molecule has 0 saturated carbocycles. The molecule has 1 atom stereocenters. The van der Waals surface area contributed by atoms with Crippen molar-refractivity contribution in [2.45, 2.75) is 24.1 Å². The van der Waals surface area contributed by atoms with Crippen molar-refractivity contribution in [1.29, 1.82) is 0 Å². The highest BCUT2D eigenvalue weighted by Gasteiger charge is 2.21. The van der Waals surface area contributed by atoms with E-state index in [2.05, 4.69) is 34.3 Å². The Balaban J connectivity index is 1.64. The smallest absolute Gasteiger partial charge is 0.237 e. The summed E-state index contributed by atoms with van der Waals surface area (Å²) in [6, 6.07) is 16.6. The van der Waals surface area contributed by atoms with E-state index in [1.807, 2.05) is 25.1 Å². The monoisotopic (exact) mass is 421 g/mol. The molecule has 2 aromatic heterocycles. The predicted molar refractivity (Wildman–Crippen MR) is 120 cm³/mol. The lowest BCUT2D eigenvalue weighted by molar-refractivity contribution is -0.115. The largest absolute Gasteiger partial charge is 0.508 e. The van der Waals surface area contributed by atoms with E-state index in [1.165, 1.54) is 16.6 Å². The summed E-state index contributed by atoms with van der Waals surface area (Å²) >= 11 is 3.06. The number of hydrogen-bond donors (Lipinski definition) is 2. The van der Waals surface area contributed by atoms with Crippen molar-refractivity contribution in [3.05, 3.63) is 65.8 Å². The number of carbonyl (C=O) groups is 1. The number of thiophene rings is 1. The number of aryl methyl sites for hydroxylation is 1. The Morgan fingerprint density at radius 1 is 1.10 bits per heavy atom. The van der Waals surface area contributed by atoms with Crippen LogP contribution < -0.4 is 5.32 Å². The molecule has 4 aromatic rings. The highest BCUT2D eigenvalue weighted by molar-refractivity contribution is 8.00. The number of nitrogens with one attached hydrogen (secondary N) is 1. The van der Waals surface area contributed by atoms with Gasteiger partial charge in [0.1, 0.15) is 21.9 Å². The van der Waals surface area contributed by atoms with E-state index in [0.29, 0.717) is 5.69 Å². The van der Waals surface area contributed by atoms with Crippen molar-refractivity contribution < 1.29 is 9.90 Å². The number of nitrogens with zero attached hydrogens (tertiary/aromatic N) is 2. The van der Waals surface area contributed by atoms with Gasteiger partial charge >= 0.3 is 0 Å². The lowest BCUT2D eigenvalue weighted by Crippen LogP contribution is -2.22. The van der Waals surface area contributed by atoms with Gasteiger partial charge in [0, 0.05) is 16.1 Å². The number of aromatic nitrogens is 2. The maximum atomic E-state index is 12.7. The van der Waals surface area contributed by atoms with Gasteiger partial charge in [0.25, 0.3) is 0 Å². The number of fused-ring (bicyclic) bond motifs is 1. The number of anilines is 1. The van der Waals surface area contributed by atoms with E-state index in [0.717, 1.165) is 26.4 Å². The minimum atomic E-state index is -0.356. The third kappa shape index (κ3) is 4.11. The molecule has 29 heavy (non-hydrogen) atoms. The average molecular weight is 422 g/mol. The molecule has 2 aromatic carbocycles. The highest BCUT2D eigenvalue weighted by Crippen LogP contribution is 2.42. The number of amides is 1. The van der Waals surface area contributed by atoms with E-state index in [1.54, 1.807) is 41.9 Å². The molecule has 1 unspecified atom stereocenters. The first-order chi connectivity index (χ1) is 14.0. The van der Waals surface area contributed by atoms with E-state index < -0.39 is 0 Å². The van der Waals surface area contributed by atoms with Crippen LogP contribution in [0, 0.1) is 6.92 Å². The maximum absolute atomic E-state index is 12.7. The van der Waals surface area contributed by atoms with Crippen LogP contribution in [0.2, 0.25) is 0 Å². The summed E-state index contributed by atoms with van der Waals surface area (Å²) in [6.45, 7) is 3.94. The van der Waals surface area contributed by atoms with E-state index in [4.69, 9.17) is 0 Å². The van der Waals surface area contributed by atoms with Gasteiger partial charge in [0.15, 0.2) is 0 Å². The number of thioether (sulfide) groups is 1. The van der Waals surface area contributed by atoms with Crippen molar-refractivity contribution in [1.82, 2.24) is 9.97 Å². The van der Waals surface area contributed by atoms with Gasteiger partial charge in [-0.3, -0.25) is 4.79 Å². The van der Waals surface area contributed by atoms with Crippen LogP contribution in [0.25, 0.3) is 21.3 Å². The zero-order valence-electron chi connectivity index (χ0n) is 15.9. The molecule has 2 N–H and O–H groups in total. The molecule has 0 radical (unpaired) electrons. The minimum absolute atomic E-state index is 0.124. The van der Waals surface area contributed by atoms with Gasteiger partial charge in [-0.25, -0.2) is 9.97 Å². The van der Waals surface area contributed by atoms with Crippen molar-refractivity contribution in [2.24, 2.45) is 0 Å². The standard InChI is InChI=1S/C22H19N3O2S2/c1-13-18(15-6-4-3-5-7-15)19-21(28-13)23-12-24-22(19)29-14(2)20(27)25-16-8-10-17(26)11-9-16/h3-12,14,26H,1-2H3,(H,25,27). The number of aromatic hydroxyl groups is 1. The SMILES string of the molecule is Cc1sc2ncnc(SC(C)C(=O)Nc3ccc(O)cc3)c2c1-c1ccccc1. The Morgan fingerprint density at radius 2 is 1.83 bits per heavy atom. The fourth-order valence-electron chi connectivity index (χ4n) is 3.07. The molecule has 0 bridgehead atoms. The van der Waals surface area contributed by atoms with Crippen LogP contribution in [-0.4, -0.2) is 26.2 Å². The summed E-state index contributed by atoms with van der Waals surface area (Å²) in [5, 5.41) is 13.7. The zero-order valence-corrected chi connectivity index (χ0v) is 17.6. The van der Waals surface area contributed by atoms with Crippen LogP contribution in [0.3, 0.4) is 0 Å². The Kier molecular flexibility index (Phi) is 5.51. The number of rotatable bonds is 5. The van der Waals surface area contributed by atoms with Crippen molar-refractivity contribution in [3.8, 4) is 16.9 Å². The fourth-order valence-corrected chi connectivity index (χ4v) is 5.07. The van der Waals surface area contributed by atoms with Crippen molar-refractivity contribution in [2.75, 3.05) is 5.32 Å². The third-order valence-electron chi connectivity index (χ3n) is 4.48. The molecule has 0 aliphatic carbocycles. The highest BCUT2D eigenvalue weighted by atomic mass is 32.2. The molecular weight excluding hydrogens is 402 g/mol. The van der Waals surface area contributed by atoms with Gasteiger partial charge in [0.05, 0.1) is 10.6 Å². The molecule has 7 heteroatoms. The third-order valence-corrected chi connectivity index (χ3v) is 6.60. The van der Waals surface area contributed by atoms with Gasteiger partial charge < -0.3 is 10.4 Å². The molecule has 4 rings (SSSR count). The Morgan fingerprint density at radius 3 is 2.55 bits per heavy atom. The molecule has 0 aliphatic heterocycles.